The van der Waals surface area contributed by atoms with E-state index in [0.29, 0.717) is 0 Å². The highest BCUT2D eigenvalue weighted by Gasteiger charge is 1.90. The van der Waals surface area contributed by atoms with Crippen molar-refractivity contribution >= 4 is 5.97 Å². The van der Waals surface area contributed by atoms with Crippen LogP contribution in [0.2, 0.25) is 0 Å². The lowest BCUT2D eigenvalue weighted by Gasteiger charge is -2.00. The summed E-state index contributed by atoms with van der Waals surface area (Å²) >= 11 is 0. The van der Waals surface area contributed by atoms with Crippen LogP contribution in [0.1, 0.15) is 110 Å². The third-order valence-corrected chi connectivity index (χ3v) is 3.84. The summed E-state index contributed by atoms with van der Waals surface area (Å²) in [6.07, 6.45) is 18.2. The van der Waals surface area contributed by atoms with Gasteiger partial charge in [0.2, 0.25) is 0 Å². The number of carbonyl (C=O) groups excluding carboxylic acids is 1. The Bertz CT molecular complexity index is 200. The Morgan fingerprint density at radius 3 is 1.41 bits per heavy atom. The second-order valence-electron chi connectivity index (χ2n) is 6.22. The van der Waals surface area contributed by atoms with Gasteiger partial charge in [0.25, 0.3) is 0 Å². The number of unbranched alkanes of at least 4 members (excludes halogenated alkanes) is 12. The van der Waals surface area contributed by atoms with Gasteiger partial charge in [0.1, 0.15) is 0 Å². The summed E-state index contributed by atoms with van der Waals surface area (Å²) in [7, 11) is 0. The molecule has 0 saturated heterocycles. The molecule has 0 aromatic heterocycles. The first-order chi connectivity index (χ1) is 10.7. The first-order valence-electron chi connectivity index (χ1n) is 9.68. The summed E-state index contributed by atoms with van der Waals surface area (Å²) in [5, 5.41) is 9.98. The second kappa shape index (κ2) is 22.7. The third kappa shape index (κ3) is 27.7. The molecule has 0 aromatic carbocycles. The van der Waals surface area contributed by atoms with Gasteiger partial charge in [0.05, 0.1) is 6.54 Å². The van der Waals surface area contributed by atoms with E-state index in [4.69, 9.17) is 0 Å². The highest BCUT2D eigenvalue weighted by Crippen LogP contribution is 2.07. The summed E-state index contributed by atoms with van der Waals surface area (Å²) in [4.78, 5) is 9.98. The largest absolute Gasteiger partial charge is 0.550 e. The van der Waals surface area contributed by atoms with Gasteiger partial charge in [-0.2, -0.15) is 0 Å². The Morgan fingerprint density at radius 1 is 0.682 bits per heavy atom. The monoisotopic (exact) mass is 315 g/mol. The number of hydrogen-bond donors (Lipinski definition) is 1. The maximum atomic E-state index is 9.98. The first kappa shape index (κ1) is 23.7. The number of carboxylic acids is 1. The highest BCUT2D eigenvalue weighted by molar-refractivity contribution is 5.63. The lowest BCUT2D eigenvalue weighted by atomic mass is 10.1. The molecule has 0 bridgehead atoms. The van der Waals surface area contributed by atoms with Crippen molar-refractivity contribution in [2.24, 2.45) is 0 Å². The molecular formula is C19H41NO2. The van der Waals surface area contributed by atoms with Crippen molar-refractivity contribution in [3.05, 3.63) is 0 Å². The predicted molar refractivity (Wildman–Crippen MR) is 93.4 cm³/mol. The second-order valence-corrected chi connectivity index (χ2v) is 6.22. The minimum Gasteiger partial charge on any atom is -0.550 e. The molecule has 0 unspecified atom stereocenters. The minimum atomic E-state index is -0.916. The molecule has 0 aliphatic carbocycles. The van der Waals surface area contributed by atoms with Crippen LogP contribution >= 0.6 is 0 Å². The first-order valence-corrected chi connectivity index (χ1v) is 9.68. The molecule has 3 nitrogen and oxygen atoms in total. The zero-order valence-corrected chi connectivity index (χ0v) is 15.3. The van der Waals surface area contributed by atoms with Gasteiger partial charge in [-0.1, -0.05) is 84.5 Å². The van der Waals surface area contributed by atoms with Crippen LogP contribution in [0, 0.1) is 0 Å². The molecule has 0 fully saturated rings. The normalized spacial score (nSPS) is 10.1. The van der Waals surface area contributed by atoms with Crippen molar-refractivity contribution < 1.29 is 15.6 Å². The van der Waals surface area contributed by atoms with Crippen LogP contribution in [-0.2, 0) is 4.79 Å². The van der Waals surface area contributed by atoms with Crippen LogP contribution in [0.25, 0.3) is 0 Å². The summed E-state index contributed by atoms with van der Waals surface area (Å²) < 4.78 is 0. The number of hydrogen-bond acceptors (Lipinski definition) is 2. The van der Waals surface area contributed by atoms with Crippen molar-refractivity contribution in [2.45, 2.75) is 110 Å². The zero-order chi connectivity index (χ0) is 16.9. The Morgan fingerprint density at radius 2 is 1.05 bits per heavy atom. The Hall–Kier alpha value is -0.570. The molecule has 22 heavy (non-hydrogen) atoms. The van der Waals surface area contributed by atoms with Gasteiger partial charge in [-0.3, -0.25) is 0 Å². The van der Waals surface area contributed by atoms with E-state index in [2.05, 4.69) is 19.6 Å². The smallest absolute Gasteiger partial charge is 0.0739 e. The molecule has 0 amide bonds. The van der Waals surface area contributed by atoms with Crippen LogP contribution < -0.4 is 10.8 Å². The fourth-order valence-corrected chi connectivity index (χ4v) is 2.36. The fraction of sp³-hybridized carbons (Fsp3) is 0.947. The van der Waals surface area contributed by atoms with Gasteiger partial charge in [-0.05, 0) is 25.7 Å². The molecule has 134 valence electrons. The molecule has 0 saturated carbocycles. The molecule has 3 N–H and O–H groups in total. The Kier molecular flexibility index (Phi) is 24.5. The van der Waals surface area contributed by atoms with Gasteiger partial charge in [0, 0.05) is 5.97 Å². The standard InChI is InChI=1S/C10H23N.C9H18O2/c1-2-3-4-5-6-7-8-9-10-11;1-2-3-4-5-6-7-8-9(10)11/h2-11H2,1H3;2-8H2,1H3,(H,10,11). The summed E-state index contributed by atoms with van der Waals surface area (Å²) in [6, 6.07) is 0. The number of carbonyl (C=O) groups is 1. The van der Waals surface area contributed by atoms with Crippen LogP contribution in [0.3, 0.4) is 0 Å². The average Bonchev–Trinajstić information content (AvgIpc) is 2.50. The molecule has 0 radical (unpaired) electrons. The van der Waals surface area contributed by atoms with E-state index in [0.717, 1.165) is 19.4 Å². The van der Waals surface area contributed by atoms with Gasteiger partial charge in [-0.25, -0.2) is 0 Å². The van der Waals surface area contributed by atoms with E-state index in [1.54, 1.807) is 0 Å². The SMILES string of the molecule is CCCCCCCCC(=O)[O-].CCCCCCCCCC[NH3+]. The van der Waals surface area contributed by atoms with Crippen LogP contribution in [0.15, 0.2) is 0 Å². The Labute approximate surface area is 139 Å². The predicted octanol–water partition coefficient (Wildman–Crippen LogP) is 3.86. The molecule has 0 rings (SSSR count). The molecule has 3 heteroatoms. The van der Waals surface area contributed by atoms with Crippen LogP contribution in [0.4, 0.5) is 0 Å². The molecule has 0 spiro atoms. The van der Waals surface area contributed by atoms with E-state index in [1.807, 2.05) is 0 Å². The molecular weight excluding hydrogens is 274 g/mol. The third-order valence-electron chi connectivity index (χ3n) is 3.84. The lowest BCUT2D eigenvalue weighted by molar-refractivity contribution is -0.368. The Balaban J connectivity index is 0. The number of carboxylic acid groups (broad SMARTS) is 1. The van der Waals surface area contributed by atoms with E-state index >= 15 is 0 Å². The lowest BCUT2D eigenvalue weighted by Crippen LogP contribution is -2.50. The molecule has 0 aliphatic heterocycles. The van der Waals surface area contributed by atoms with Crippen molar-refractivity contribution in [2.75, 3.05) is 6.54 Å². The van der Waals surface area contributed by atoms with Crippen LogP contribution in [0.5, 0.6) is 0 Å². The maximum absolute atomic E-state index is 9.98. The van der Waals surface area contributed by atoms with Crippen molar-refractivity contribution in [3.8, 4) is 0 Å². The van der Waals surface area contributed by atoms with Gasteiger partial charge in [-0.15, -0.1) is 0 Å². The van der Waals surface area contributed by atoms with Gasteiger partial charge >= 0.3 is 0 Å². The molecule has 0 aromatic rings. The number of quaternary nitrogens is 1. The quantitative estimate of drug-likeness (QED) is 0.466. The van der Waals surface area contributed by atoms with E-state index in [-0.39, 0.29) is 6.42 Å². The molecule has 0 aliphatic rings. The van der Waals surface area contributed by atoms with E-state index < -0.39 is 5.97 Å². The highest BCUT2D eigenvalue weighted by atomic mass is 16.4. The van der Waals surface area contributed by atoms with Crippen molar-refractivity contribution in [3.63, 3.8) is 0 Å². The van der Waals surface area contributed by atoms with Gasteiger partial charge < -0.3 is 15.6 Å². The van der Waals surface area contributed by atoms with E-state index in [9.17, 15) is 9.90 Å². The maximum Gasteiger partial charge on any atom is 0.0739 e. The summed E-state index contributed by atoms with van der Waals surface area (Å²) in [5.74, 6) is -0.916. The van der Waals surface area contributed by atoms with Crippen LogP contribution in [-0.4, -0.2) is 12.5 Å². The van der Waals surface area contributed by atoms with Crippen molar-refractivity contribution in [1.82, 2.24) is 0 Å². The molecule has 0 heterocycles. The zero-order valence-electron chi connectivity index (χ0n) is 15.3. The fourth-order valence-electron chi connectivity index (χ4n) is 2.36. The topological polar surface area (TPSA) is 67.8 Å². The van der Waals surface area contributed by atoms with Gasteiger partial charge in [0.15, 0.2) is 0 Å². The molecule has 0 atom stereocenters. The minimum absolute atomic E-state index is 0.228. The van der Waals surface area contributed by atoms with E-state index in [1.165, 1.54) is 77.0 Å². The van der Waals surface area contributed by atoms with Crippen molar-refractivity contribution in [1.29, 1.82) is 0 Å². The average molecular weight is 316 g/mol. The summed E-state index contributed by atoms with van der Waals surface area (Å²) in [5.41, 5.74) is 3.83. The number of aliphatic carboxylic acids is 1. The summed E-state index contributed by atoms with van der Waals surface area (Å²) in [6.45, 7) is 5.55. The number of rotatable bonds is 15.